The average molecular weight is 374 g/mol. The number of nitrogens with zero attached hydrogens (tertiary/aromatic N) is 1. The zero-order valence-electron chi connectivity index (χ0n) is 14.9. The number of carbonyl (C=O) groups excluding carboxylic acids is 2. The molecule has 0 fully saturated rings. The van der Waals surface area contributed by atoms with Crippen LogP contribution in [-0.2, 0) is 20.7 Å². The van der Waals surface area contributed by atoms with Gasteiger partial charge in [0, 0.05) is 12.2 Å². The molecule has 1 amide bonds. The lowest BCUT2D eigenvalue weighted by molar-refractivity contribution is -0.142. The van der Waals surface area contributed by atoms with Gasteiger partial charge >= 0.3 is 12.1 Å². The first-order valence-corrected chi connectivity index (χ1v) is 9.27. The van der Waals surface area contributed by atoms with Crippen LogP contribution in [0.15, 0.2) is 47.6 Å². The van der Waals surface area contributed by atoms with E-state index >= 15 is 0 Å². The SMILES string of the molecule is CCOC(=O)CCS/C(Cc1ccc2ccccc2c1)=N/NC(=O)OC. The molecule has 6 nitrogen and oxygen atoms in total. The first-order valence-electron chi connectivity index (χ1n) is 8.29. The fourth-order valence-electron chi connectivity index (χ4n) is 2.29. The molecule has 0 heterocycles. The number of hydrogen-bond donors (Lipinski definition) is 1. The molecule has 0 aromatic heterocycles. The van der Waals surface area contributed by atoms with Crippen LogP contribution in [0.3, 0.4) is 0 Å². The van der Waals surface area contributed by atoms with Crippen LogP contribution in [0.25, 0.3) is 10.8 Å². The number of thioether (sulfide) groups is 1. The molecule has 26 heavy (non-hydrogen) atoms. The predicted molar refractivity (Wildman–Crippen MR) is 104 cm³/mol. The summed E-state index contributed by atoms with van der Waals surface area (Å²) in [6, 6.07) is 14.3. The zero-order valence-corrected chi connectivity index (χ0v) is 15.7. The summed E-state index contributed by atoms with van der Waals surface area (Å²) in [7, 11) is 1.28. The summed E-state index contributed by atoms with van der Waals surface area (Å²) in [4.78, 5) is 22.8. The first kappa shape index (κ1) is 19.8. The van der Waals surface area contributed by atoms with Gasteiger partial charge in [0.05, 0.1) is 25.2 Å². The molecule has 0 saturated carbocycles. The number of methoxy groups -OCH3 is 1. The monoisotopic (exact) mass is 374 g/mol. The topological polar surface area (TPSA) is 77.0 Å². The molecule has 0 spiro atoms. The molecule has 0 bridgehead atoms. The number of nitrogens with one attached hydrogen (secondary N) is 1. The Morgan fingerprint density at radius 1 is 1.15 bits per heavy atom. The minimum absolute atomic E-state index is 0.244. The van der Waals surface area contributed by atoms with Crippen LogP contribution < -0.4 is 5.43 Å². The van der Waals surface area contributed by atoms with E-state index in [9.17, 15) is 9.59 Å². The summed E-state index contributed by atoms with van der Waals surface area (Å²) in [6.45, 7) is 2.14. The second-order valence-corrected chi connectivity index (χ2v) is 6.54. The van der Waals surface area contributed by atoms with E-state index in [1.165, 1.54) is 18.9 Å². The third kappa shape index (κ3) is 6.40. The van der Waals surface area contributed by atoms with Crippen molar-refractivity contribution >= 4 is 39.6 Å². The van der Waals surface area contributed by atoms with Gasteiger partial charge in [0.25, 0.3) is 0 Å². The number of fused-ring (bicyclic) bond motifs is 1. The molecule has 2 rings (SSSR count). The maximum absolute atomic E-state index is 11.5. The minimum Gasteiger partial charge on any atom is -0.466 e. The highest BCUT2D eigenvalue weighted by atomic mass is 32.2. The molecular formula is C19H22N2O4S. The molecule has 0 atom stereocenters. The van der Waals surface area contributed by atoms with Crippen molar-refractivity contribution < 1.29 is 19.1 Å². The number of rotatable bonds is 7. The molecule has 0 aliphatic rings. The van der Waals surface area contributed by atoms with Crippen LogP contribution in [-0.4, -0.2) is 36.6 Å². The number of carbonyl (C=O) groups is 2. The Morgan fingerprint density at radius 2 is 1.92 bits per heavy atom. The highest BCUT2D eigenvalue weighted by molar-refractivity contribution is 8.13. The van der Waals surface area contributed by atoms with Crippen molar-refractivity contribution in [3.8, 4) is 0 Å². The van der Waals surface area contributed by atoms with Crippen molar-refractivity contribution in [3.05, 3.63) is 48.0 Å². The maximum Gasteiger partial charge on any atom is 0.427 e. The van der Waals surface area contributed by atoms with E-state index in [0.717, 1.165) is 16.3 Å². The summed E-state index contributed by atoms with van der Waals surface area (Å²) in [5.74, 6) is 0.277. The third-order valence-electron chi connectivity index (χ3n) is 3.51. The predicted octanol–water partition coefficient (Wildman–Crippen LogP) is 3.74. The molecule has 138 valence electrons. The number of ether oxygens (including phenoxy) is 2. The standard InChI is InChI=1S/C19H22N2O4S/c1-3-25-18(22)10-11-26-17(20-21-19(23)24-2)13-14-8-9-15-6-4-5-7-16(15)12-14/h4-9,12H,3,10-11,13H2,1-2H3,(H,21,23)/b20-17+. The van der Waals surface area contributed by atoms with Crippen molar-refractivity contribution in [1.82, 2.24) is 5.43 Å². The summed E-state index contributed by atoms with van der Waals surface area (Å²) in [6.07, 6.45) is 0.197. The van der Waals surface area contributed by atoms with E-state index in [1.807, 2.05) is 18.2 Å². The second-order valence-electron chi connectivity index (χ2n) is 5.37. The summed E-state index contributed by atoms with van der Waals surface area (Å²) in [5.41, 5.74) is 3.41. The Hall–Kier alpha value is -2.54. The molecule has 7 heteroatoms. The maximum atomic E-state index is 11.5. The smallest absolute Gasteiger partial charge is 0.427 e. The summed E-state index contributed by atoms with van der Waals surface area (Å²) in [5, 5.41) is 7.11. The summed E-state index contributed by atoms with van der Waals surface area (Å²) < 4.78 is 9.47. The lowest BCUT2D eigenvalue weighted by atomic mass is 10.1. The highest BCUT2D eigenvalue weighted by Gasteiger charge is 2.08. The van der Waals surface area contributed by atoms with E-state index in [-0.39, 0.29) is 12.4 Å². The normalized spacial score (nSPS) is 11.2. The largest absolute Gasteiger partial charge is 0.466 e. The molecule has 2 aromatic carbocycles. The lowest BCUT2D eigenvalue weighted by Gasteiger charge is -2.08. The third-order valence-corrected chi connectivity index (χ3v) is 4.48. The molecule has 1 N–H and O–H groups in total. The van der Waals surface area contributed by atoms with Crippen LogP contribution in [0.2, 0.25) is 0 Å². The number of esters is 1. The minimum atomic E-state index is -0.632. The Bertz CT molecular complexity index is 792. The number of hydrazone groups is 1. The van der Waals surface area contributed by atoms with Crippen molar-refractivity contribution in [2.45, 2.75) is 19.8 Å². The molecule has 0 unspecified atom stereocenters. The van der Waals surface area contributed by atoms with Gasteiger partial charge in [-0.15, -0.1) is 11.8 Å². The molecular weight excluding hydrogens is 352 g/mol. The second kappa shape index (κ2) is 10.5. The number of amides is 1. The Kier molecular flexibility index (Phi) is 7.95. The van der Waals surface area contributed by atoms with Crippen LogP contribution in [0.1, 0.15) is 18.9 Å². The Morgan fingerprint density at radius 3 is 2.65 bits per heavy atom. The molecule has 0 aliphatic carbocycles. The molecule has 0 radical (unpaired) electrons. The van der Waals surface area contributed by atoms with Crippen molar-refractivity contribution in [2.24, 2.45) is 5.10 Å². The van der Waals surface area contributed by atoms with E-state index in [0.29, 0.717) is 23.8 Å². The van der Waals surface area contributed by atoms with Gasteiger partial charge in [-0.25, -0.2) is 10.2 Å². The van der Waals surface area contributed by atoms with Gasteiger partial charge in [0.1, 0.15) is 0 Å². The fraction of sp³-hybridized carbons (Fsp3) is 0.316. The van der Waals surface area contributed by atoms with Crippen LogP contribution in [0.4, 0.5) is 4.79 Å². The Balaban J connectivity index is 2.06. The van der Waals surface area contributed by atoms with Gasteiger partial charge in [-0.3, -0.25) is 4.79 Å². The van der Waals surface area contributed by atoms with Gasteiger partial charge in [-0.2, -0.15) is 5.10 Å². The number of benzene rings is 2. The van der Waals surface area contributed by atoms with Crippen LogP contribution >= 0.6 is 11.8 Å². The quantitative estimate of drug-likeness (QED) is 0.346. The molecule has 0 saturated heterocycles. The number of hydrogen-bond acceptors (Lipinski definition) is 6. The van der Waals surface area contributed by atoms with Gasteiger partial charge < -0.3 is 9.47 Å². The van der Waals surface area contributed by atoms with E-state index in [2.05, 4.69) is 39.5 Å². The zero-order chi connectivity index (χ0) is 18.8. The van der Waals surface area contributed by atoms with Crippen LogP contribution in [0.5, 0.6) is 0 Å². The summed E-state index contributed by atoms with van der Waals surface area (Å²) >= 11 is 1.41. The lowest BCUT2D eigenvalue weighted by Crippen LogP contribution is -2.19. The van der Waals surface area contributed by atoms with E-state index in [1.54, 1.807) is 6.92 Å². The van der Waals surface area contributed by atoms with Crippen molar-refractivity contribution in [1.29, 1.82) is 0 Å². The highest BCUT2D eigenvalue weighted by Crippen LogP contribution is 2.18. The fourth-order valence-corrected chi connectivity index (χ4v) is 3.17. The van der Waals surface area contributed by atoms with Gasteiger partial charge in [0.15, 0.2) is 0 Å². The van der Waals surface area contributed by atoms with Crippen LogP contribution in [0, 0.1) is 0 Å². The van der Waals surface area contributed by atoms with Crippen molar-refractivity contribution in [3.63, 3.8) is 0 Å². The molecule has 0 aliphatic heterocycles. The molecule has 2 aromatic rings. The van der Waals surface area contributed by atoms with E-state index < -0.39 is 6.09 Å². The first-order chi connectivity index (χ1) is 12.6. The van der Waals surface area contributed by atoms with Gasteiger partial charge in [0.2, 0.25) is 0 Å². The van der Waals surface area contributed by atoms with E-state index in [4.69, 9.17) is 4.74 Å². The van der Waals surface area contributed by atoms with Gasteiger partial charge in [-0.1, -0.05) is 42.5 Å². The average Bonchev–Trinajstić information content (AvgIpc) is 2.65. The Labute approximate surface area is 156 Å². The van der Waals surface area contributed by atoms with Crippen molar-refractivity contribution in [2.75, 3.05) is 19.5 Å². The van der Waals surface area contributed by atoms with Gasteiger partial charge in [-0.05, 0) is 23.3 Å².